The van der Waals surface area contributed by atoms with Gasteiger partial charge in [-0.15, -0.1) is 0 Å². The van der Waals surface area contributed by atoms with Gasteiger partial charge in [0.15, 0.2) is 0 Å². The zero-order valence-corrected chi connectivity index (χ0v) is 19.2. The van der Waals surface area contributed by atoms with Crippen molar-refractivity contribution in [1.29, 1.82) is 0 Å². The van der Waals surface area contributed by atoms with Crippen molar-refractivity contribution in [2.24, 2.45) is 11.8 Å². The van der Waals surface area contributed by atoms with Crippen LogP contribution in [0.1, 0.15) is 29.5 Å². The topological polar surface area (TPSA) is 69.7 Å². The molecular formula is C28H25N3O3. The molecule has 4 aliphatic heterocycles. The van der Waals surface area contributed by atoms with Gasteiger partial charge in [0.25, 0.3) is 0 Å². The molecule has 0 bridgehead atoms. The summed E-state index contributed by atoms with van der Waals surface area (Å²) < 4.78 is 0. The van der Waals surface area contributed by atoms with Gasteiger partial charge in [0.2, 0.25) is 17.7 Å². The Labute approximate surface area is 197 Å². The summed E-state index contributed by atoms with van der Waals surface area (Å²) in [5.74, 6) is -1.85. The molecule has 1 spiro atoms. The van der Waals surface area contributed by atoms with Crippen LogP contribution in [0.25, 0.3) is 10.8 Å². The maximum atomic E-state index is 14.1. The fourth-order valence-electron chi connectivity index (χ4n) is 7.09. The fraction of sp³-hybridized carbons (Fsp3) is 0.321. The molecule has 1 N–H and O–H groups in total. The van der Waals surface area contributed by atoms with E-state index in [4.69, 9.17) is 0 Å². The Kier molecular flexibility index (Phi) is 3.83. The molecular weight excluding hydrogens is 426 g/mol. The van der Waals surface area contributed by atoms with E-state index in [1.807, 2.05) is 68.4 Å². The molecule has 3 aromatic carbocycles. The molecule has 34 heavy (non-hydrogen) atoms. The van der Waals surface area contributed by atoms with E-state index in [0.717, 1.165) is 46.0 Å². The van der Waals surface area contributed by atoms with Crippen molar-refractivity contribution < 1.29 is 14.4 Å². The van der Waals surface area contributed by atoms with Gasteiger partial charge < -0.3 is 5.32 Å². The molecule has 4 aliphatic rings. The predicted octanol–water partition coefficient (Wildman–Crippen LogP) is 3.89. The third-order valence-corrected chi connectivity index (χ3v) is 8.69. The Balaban J connectivity index is 1.42. The van der Waals surface area contributed by atoms with Gasteiger partial charge in [0.05, 0.1) is 17.5 Å². The Morgan fingerprint density at radius 1 is 0.941 bits per heavy atom. The number of nitrogens with one attached hydrogen (secondary N) is 1. The molecule has 4 heterocycles. The Morgan fingerprint density at radius 3 is 2.56 bits per heavy atom. The normalized spacial score (nSPS) is 29.8. The number of fused-ring (bicyclic) bond motifs is 8. The lowest BCUT2D eigenvalue weighted by atomic mass is 9.75. The smallest absolute Gasteiger partial charge is 0.250 e. The Morgan fingerprint density at radius 2 is 1.74 bits per heavy atom. The number of anilines is 2. The number of amides is 3. The Hall–Kier alpha value is -3.51. The number of hydrogen-bond acceptors (Lipinski definition) is 4. The Bertz CT molecular complexity index is 1450. The lowest BCUT2D eigenvalue weighted by Gasteiger charge is -2.36. The molecule has 3 saturated heterocycles. The van der Waals surface area contributed by atoms with E-state index in [1.54, 1.807) is 0 Å². The van der Waals surface area contributed by atoms with Gasteiger partial charge in [-0.2, -0.15) is 0 Å². The van der Waals surface area contributed by atoms with E-state index in [1.165, 1.54) is 4.90 Å². The minimum atomic E-state index is -1.13. The van der Waals surface area contributed by atoms with Gasteiger partial charge in [-0.25, -0.2) is 4.90 Å². The first kappa shape index (κ1) is 19.9. The molecule has 6 heteroatoms. The predicted molar refractivity (Wildman–Crippen MR) is 129 cm³/mol. The van der Waals surface area contributed by atoms with Crippen molar-refractivity contribution in [2.75, 3.05) is 16.8 Å². The van der Waals surface area contributed by atoms with E-state index in [0.29, 0.717) is 12.2 Å². The van der Waals surface area contributed by atoms with Crippen LogP contribution in [0.3, 0.4) is 0 Å². The summed E-state index contributed by atoms with van der Waals surface area (Å²) in [6.07, 6.45) is 1.74. The summed E-state index contributed by atoms with van der Waals surface area (Å²) in [6, 6.07) is 17.5. The monoisotopic (exact) mass is 451 g/mol. The van der Waals surface area contributed by atoms with Crippen molar-refractivity contribution in [1.82, 2.24) is 4.90 Å². The molecule has 0 aliphatic carbocycles. The van der Waals surface area contributed by atoms with Crippen LogP contribution in [0.2, 0.25) is 0 Å². The molecule has 0 unspecified atom stereocenters. The summed E-state index contributed by atoms with van der Waals surface area (Å²) >= 11 is 0. The van der Waals surface area contributed by atoms with Crippen molar-refractivity contribution in [3.05, 3.63) is 71.3 Å². The summed E-state index contributed by atoms with van der Waals surface area (Å²) in [5, 5.41) is 5.15. The molecule has 4 atom stereocenters. The summed E-state index contributed by atoms with van der Waals surface area (Å²) in [7, 11) is 0. The molecule has 170 valence electrons. The van der Waals surface area contributed by atoms with Crippen molar-refractivity contribution in [2.45, 2.75) is 38.3 Å². The lowest BCUT2D eigenvalue weighted by Crippen LogP contribution is -2.54. The molecule has 0 saturated carbocycles. The number of imide groups is 1. The fourth-order valence-corrected chi connectivity index (χ4v) is 7.09. The lowest BCUT2D eigenvalue weighted by molar-refractivity contribution is -0.135. The second-order valence-corrected chi connectivity index (χ2v) is 10.1. The van der Waals surface area contributed by atoms with Crippen LogP contribution in [0.15, 0.2) is 54.6 Å². The maximum Gasteiger partial charge on any atom is 0.250 e. The van der Waals surface area contributed by atoms with E-state index < -0.39 is 17.4 Å². The minimum Gasteiger partial charge on any atom is -0.324 e. The largest absolute Gasteiger partial charge is 0.324 e. The summed E-state index contributed by atoms with van der Waals surface area (Å²) in [5.41, 5.74) is 3.22. The van der Waals surface area contributed by atoms with Crippen LogP contribution in [-0.2, 0) is 19.9 Å². The molecule has 0 radical (unpaired) electrons. The molecule has 0 aromatic heterocycles. The molecule has 6 nitrogen and oxygen atoms in total. The van der Waals surface area contributed by atoms with Gasteiger partial charge in [0, 0.05) is 17.3 Å². The number of nitrogens with zero attached hydrogens (tertiary/aromatic N) is 2. The molecule has 7 rings (SSSR count). The van der Waals surface area contributed by atoms with E-state index in [9.17, 15) is 14.4 Å². The zero-order chi connectivity index (χ0) is 23.4. The van der Waals surface area contributed by atoms with Gasteiger partial charge >= 0.3 is 0 Å². The van der Waals surface area contributed by atoms with Crippen LogP contribution in [0.4, 0.5) is 11.4 Å². The molecule has 3 amide bonds. The minimum absolute atomic E-state index is 0.106. The van der Waals surface area contributed by atoms with E-state index in [2.05, 4.69) is 10.2 Å². The van der Waals surface area contributed by atoms with Crippen LogP contribution >= 0.6 is 0 Å². The summed E-state index contributed by atoms with van der Waals surface area (Å²) in [6.45, 7) is 4.74. The third kappa shape index (κ3) is 2.18. The van der Waals surface area contributed by atoms with Gasteiger partial charge in [0.1, 0.15) is 5.54 Å². The first-order chi connectivity index (χ1) is 16.4. The maximum absolute atomic E-state index is 14.1. The highest BCUT2D eigenvalue weighted by molar-refractivity contribution is 6.26. The first-order valence-corrected chi connectivity index (χ1v) is 12.0. The number of carbonyl (C=O) groups excluding carboxylic acids is 3. The average molecular weight is 452 g/mol. The van der Waals surface area contributed by atoms with Crippen LogP contribution in [0, 0.1) is 25.7 Å². The highest BCUT2D eigenvalue weighted by Gasteiger charge is 2.74. The van der Waals surface area contributed by atoms with Crippen molar-refractivity contribution >= 4 is 39.9 Å². The number of carbonyl (C=O) groups is 3. The standard InChI is InChI=1S/C28H25N3O3/c1-15-9-12-20-24(16(15)2)29-27(34)28(20)23-22(21-8-5-13-30(21)28)25(32)31(26(23)33)19-11-10-17-6-3-4-7-18(17)14-19/h3-4,6-7,9-12,14,21-23H,5,8,13H2,1-2H3,(H,29,34)/t21-,22+,23-,28-/m0/s1. The molecule has 3 fully saturated rings. The highest BCUT2D eigenvalue weighted by atomic mass is 16.2. The second-order valence-electron chi connectivity index (χ2n) is 10.1. The van der Waals surface area contributed by atoms with Crippen molar-refractivity contribution in [3.63, 3.8) is 0 Å². The second kappa shape index (κ2) is 6.54. The van der Waals surface area contributed by atoms with Gasteiger partial charge in [-0.05, 0) is 67.3 Å². The zero-order valence-electron chi connectivity index (χ0n) is 19.2. The van der Waals surface area contributed by atoms with Crippen LogP contribution in [-0.4, -0.2) is 35.2 Å². The van der Waals surface area contributed by atoms with Gasteiger partial charge in [-0.3, -0.25) is 19.3 Å². The summed E-state index contributed by atoms with van der Waals surface area (Å²) in [4.78, 5) is 45.4. The average Bonchev–Trinajstić information content (AvgIpc) is 3.55. The number of aryl methyl sites for hydroxylation is 1. The SMILES string of the molecule is Cc1ccc2c(c1C)NC(=O)[C@@]21[C@@H]2C(=O)N(c3ccc4ccccc4c3)C(=O)[C@@H]2[C@@H]2CCCN21. The van der Waals surface area contributed by atoms with Crippen LogP contribution in [0.5, 0.6) is 0 Å². The molecule has 3 aromatic rings. The van der Waals surface area contributed by atoms with Gasteiger partial charge in [-0.1, -0.05) is 42.5 Å². The van der Waals surface area contributed by atoms with E-state index in [-0.39, 0.29) is 23.8 Å². The number of benzene rings is 3. The van der Waals surface area contributed by atoms with Crippen LogP contribution < -0.4 is 10.2 Å². The third-order valence-electron chi connectivity index (χ3n) is 8.69. The first-order valence-electron chi connectivity index (χ1n) is 12.0. The number of hydrogen-bond donors (Lipinski definition) is 1. The van der Waals surface area contributed by atoms with E-state index >= 15 is 0 Å². The quantitative estimate of drug-likeness (QED) is 0.570. The van der Waals surface area contributed by atoms with Crippen molar-refractivity contribution in [3.8, 4) is 0 Å². The number of rotatable bonds is 1. The highest BCUT2D eigenvalue weighted by Crippen LogP contribution is 2.61.